The number of aliphatic hydroxyl groups excluding tert-OH is 1. The number of phenols is 1. The normalized spacial score (nSPS) is 10.6. The maximum Gasteiger partial charge on any atom is 0.168 e. The van der Waals surface area contributed by atoms with Gasteiger partial charge in [-0.05, 0) is 12.0 Å². The van der Waals surface area contributed by atoms with E-state index in [1.807, 2.05) is 13.8 Å². The molecule has 0 saturated heterocycles. The SMILES string of the molecule is COc1c(CO)cc(O)c(C(C)C)c1OC. The van der Waals surface area contributed by atoms with Crippen LogP contribution in [0.2, 0.25) is 0 Å². The summed E-state index contributed by atoms with van der Waals surface area (Å²) in [6.07, 6.45) is 0. The summed E-state index contributed by atoms with van der Waals surface area (Å²) in [5.41, 5.74) is 1.21. The topological polar surface area (TPSA) is 58.9 Å². The van der Waals surface area contributed by atoms with Crippen molar-refractivity contribution >= 4 is 0 Å². The highest BCUT2D eigenvalue weighted by Crippen LogP contribution is 2.43. The molecule has 1 aromatic rings. The van der Waals surface area contributed by atoms with Crippen LogP contribution in [0.25, 0.3) is 0 Å². The summed E-state index contributed by atoms with van der Waals surface area (Å²) in [4.78, 5) is 0. The molecule has 0 atom stereocenters. The van der Waals surface area contributed by atoms with Crippen molar-refractivity contribution in [1.82, 2.24) is 0 Å². The number of benzene rings is 1. The number of hydrogen-bond acceptors (Lipinski definition) is 4. The molecule has 1 aromatic carbocycles. The zero-order chi connectivity index (χ0) is 12.3. The van der Waals surface area contributed by atoms with Crippen molar-refractivity contribution < 1.29 is 19.7 Å². The molecular formula is C12H18O4. The third kappa shape index (κ3) is 2.07. The van der Waals surface area contributed by atoms with Crippen molar-refractivity contribution in [3.8, 4) is 17.2 Å². The molecule has 4 heteroatoms. The zero-order valence-electron chi connectivity index (χ0n) is 10.1. The number of hydrogen-bond donors (Lipinski definition) is 2. The first-order valence-electron chi connectivity index (χ1n) is 5.14. The molecule has 0 heterocycles. The molecule has 4 nitrogen and oxygen atoms in total. The second kappa shape index (κ2) is 5.07. The molecule has 0 radical (unpaired) electrons. The van der Waals surface area contributed by atoms with E-state index in [4.69, 9.17) is 9.47 Å². The van der Waals surface area contributed by atoms with E-state index < -0.39 is 0 Å². The van der Waals surface area contributed by atoms with Crippen LogP contribution in [0.1, 0.15) is 30.9 Å². The summed E-state index contributed by atoms with van der Waals surface area (Å²) in [5.74, 6) is 1.20. The van der Waals surface area contributed by atoms with Gasteiger partial charge in [0.05, 0.1) is 20.8 Å². The first-order chi connectivity index (χ1) is 7.56. The molecule has 0 saturated carbocycles. The van der Waals surface area contributed by atoms with E-state index in [1.165, 1.54) is 20.3 Å². The average molecular weight is 226 g/mol. The monoisotopic (exact) mass is 226 g/mol. The van der Waals surface area contributed by atoms with Crippen LogP contribution in [0, 0.1) is 0 Å². The highest BCUT2D eigenvalue weighted by atomic mass is 16.5. The summed E-state index contributed by atoms with van der Waals surface area (Å²) in [6.45, 7) is 3.71. The van der Waals surface area contributed by atoms with E-state index in [0.717, 1.165) is 0 Å². The Bertz CT molecular complexity index is 372. The van der Waals surface area contributed by atoms with Crippen LogP contribution >= 0.6 is 0 Å². The molecule has 0 aliphatic rings. The van der Waals surface area contributed by atoms with Gasteiger partial charge < -0.3 is 19.7 Å². The predicted molar refractivity (Wildman–Crippen MR) is 61.2 cm³/mol. The van der Waals surface area contributed by atoms with Crippen molar-refractivity contribution in [2.24, 2.45) is 0 Å². The van der Waals surface area contributed by atoms with Gasteiger partial charge in [-0.1, -0.05) is 13.8 Å². The first-order valence-corrected chi connectivity index (χ1v) is 5.14. The van der Waals surface area contributed by atoms with Crippen LogP contribution in [0.5, 0.6) is 17.2 Å². The zero-order valence-corrected chi connectivity index (χ0v) is 10.1. The highest BCUT2D eigenvalue weighted by molar-refractivity contribution is 5.59. The third-order valence-corrected chi connectivity index (χ3v) is 2.49. The number of aliphatic hydroxyl groups is 1. The fraction of sp³-hybridized carbons (Fsp3) is 0.500. The van der Waals surface area contributed by atoms with Crippen molar-refractivity contribution in [2.45, 2.75) is 26.4 Å². The smallest absolute Gasteiger partial charge is 0.168 e. The third-order valence-electron chi connectivity index (χ3n) is 2.49. The Morgan fingerprint density at radius 3 is 2.12 bits per heavy atom. The lowest BCUT2D eigenvalue weighted by Gasteiger charge is -2.19. The quantitative estimate of drug-likeness (QED) is 0.824. The Hall–Kier alpha value is -1.42. The number of aromatic hydroxyl groups is 1. The van der Waals surface area contributed by atoms with Crippen LogP contribution in [-0.4, -0.2) is 24.4 Å². The number of phenolic OH excluding ortho intramolecular Hbond substituents is 1. The molecule has 0 spiro atoms. The lowest BCUT2D eigenvalue weighted by molar-refractivity contribution is 0.268. The van der Waals surface area contributed by atoms with E-state index in [2.05, 4.69) is 0 Å². The Balaban J connectivity index is 3.51. The number of methoxy groups -OCH3 is 2. The molecule has 2 N–H and O–H groups in total. The molecular weight excluding hydrogens is 208 g/mol. The molecule has 1 rings (SSSR count). The molecule has 0 amide bonds. The maximum absolute atomic E-state index is 9.88. The Kier molecular flexibility index (Phi) is 4.01. The van der Waals surface area contributed by atoms with Gasteiger partial charge in [0, 0.05) is 11.1 Å². The van der Waals surface area contributed by atoms with Gasteiger partial charge >= 0.3 is 0 Å². The molecule has 0 aromatic heterocycles. The van der Waals surface area contributed by atoms with Crippen LogP contribution in [-0.2, 0) is 6.61 Å². The van der Waals surface area contributed by atoms with Crippen molar-refractivity contribution in [3.63, 3.8) is 0 Å². The molecule has 0 fully saturated rings. The van der Waals surface area contributed by atoms with Crippen molar-refractivity contribution in [1.29, 1.82) is 0 Å². The van der Waals surface area contributed by atoms with Crippen LogP contribution in [0.15, 0.2) is 6.07 Å². The van der Waals surface area contributed by atoms with Gasteiger partial charge in [-0.25, -0.2) is 0 Å². The van der Waals surface area contributed by atoms with Gasteiger partial charge in [-0.2, -0.15) is 0 Å². The minimum absolute atomic E-state index is 0.108. The van der Waals surface area contributed by atoms with Gasteiger partial charge in [0.15, 0.2) is 11.5 Å². The number of ether oxygens (including phenoxy) is 2. The van der Waals surface area contributed by atoms with Crippen LogP contribution < -0.4 is 9.47 Å². The van der Waals surface area contributed by atoms with E-state index in [-0.39, 0.29) is 18.3 Å². The second-order valence-electron chi connectivity index (χ2n) is 3.85. The number of rotatable bonds is 4. The van der Waals surface area contributed by atoms with Crippen molar-refractivity contribution in [2.75, 3.05) is 14.2 Å². The van der Waals surface area contributed by atoms with Gasteiger partial charge in [-0.3, -0.25) is 0 Å². The Labute approximate surface area is 95.4 Å². The predicted octanol–water partition coefficient (Wildman–Crippen LogP) is 2.03. The van der Waals surface area contributed by atoms with E-state index in [9.17, 15) is 10.2 Å². The lowest BCUT2D eigenvalue weighted by Crippen LogP contribution is -2.02. The Morgan fingerprint density at radius 2 is 1.75 bits per heavy atom. The average Bonchev–Trinajstić information content (AvgIpc) is 2.26. The minimum Gasteiger partial charge on any atom is -0.508 e. The van der Waals surface area contributed by atoms with Gasteiger partial charge in [0.2, 0.25) is 0 Å². The summed E-state index contributed by atoms with van der Waals surface area (Å²) in [5, 5.41) is 19.1. The van der Waals surface area contributed by atoms with Crippen LogP contribution in [0.3, 0.4) is 0 Å². The minimum atomic E-state index is -0.203. The fourth-order valence-electron chi connectivity index (χ4n) is 1.79. The molecule has 0 bridgehead atoms. The van der Waals surface area contributed by atoms with Crippen LogP contribution in [0.4, 0.5) is 0 Å². The highest BCUT2D eigenvalue weighted by Gasteiger charge is 2.21. The molecule has 0 aliphatic carbocycles. The summed E-state index contributed by atoms with van der Waals surface area (Å²) in [6, 6.07) is 1.51. The molecule has 90 valence electrons. The van der Waals surface area contributed by atoms with E-state index >= 15 is 0 Å². The molecule has 0 unspecified atom stereocenters. The summed E-state index contributed by atoms with van der Waals surface area (Å²) in [7, 11) is 3.03. The van der Waals surface area contributed by atoms with Gasteiger partial charge in [0.25, 0.3) is 0 Å². The lowest BCUT2D eigenvalue weighted by atomic mass is 9.98. The summed E-state index contributed by atoms with van der Waals surface area (Å²) < 4.78 is 10.5. The Morgan fingerprint density at radius 1 is 1.19 bits per heavy atom. The maximum atomic E-state index is 9.88. The van der Waals surface area contributed by atoms with E-state index in [1.54, 1.807) is 0 Å². The van der Waals surface area contributed by atoms with E-state index in [0.29, 0.717) is 22.6 Å². The fourth-order valence-corrected chi connectivity index (χ4v) is 1.79. The molecule has 16 heavy (non-hydrogen) atoms. The second-order valence-corrected chi connectivity index (χ2v) is 3.85. The standard InChI is InChI=1S/C12H18O4/c1-7(2)10-9(14)5-8(6-13)11(15-3)12(10)16-4/h5,7,13-14H,6H2,1-4H3. The first kappa shape index (κ1) is 12.6. The largest absolute Gasteiger partial charge is 0.508 e. The van der Waals surface area contributed by atoms with Gasteiger partial charge in [-0.15, -0.1) is 0 Å². The molecule has 0 aliphatic heterocycles. The summed E-state index contributed by atoms with van der Waals surface area (Å²) >= 11 is 0. The van der Waals surface area contributed by atoms with Crippen molar-refractivity contribution in [3.05, 3.63) is 17.2 Å². The van der Waals surface area contributed by atoms with Gasteiger partial charge in [0.1, 0.15) is 5.75 Å².